The molecule has 7 heteroatoms. The minimum absolute atomic E-state index is 0.315. The Hall–Kier alpha value is -1.63. The first-order chi connectivity index (χ1) is 8.57. The van der Waals surface area contributed by atoms with Crippen LogP contribution in [-0.2, 0) is 11.0 Å². The van der Waals surface area contributed by atoms with Gasteiger partial charge in [0.15, 0.2) is 0 Å². The lowest BCUT2D eigenvalue weighted by Crippen LogP contribution is -2.36. The minimum Gasteiger partial charge on any atom is -0.480 e. The van der Waals surface area contributed by atoms with Crippen molar-refractivity contribution in [1.82, 2.24) is 0 Å². The Morgan fingerprint density at radius 3 is 2.32 bits per heavy atom. The summed E-state index contributed by atoms with van der Waals surface area (Å²) in [7, 11) is 0. The van der Waals surface area contributed by atoms with Crippen molar-refractivity contribution >= 4 is 5.97 Å². The first kappa shape index (κ1) is 15.4. The number of hydrogen-bond donors (Lipinski definition) is 2. The van der Waals surface area contributed by atoms with Gasteiger partial charge in [0.05, 0.1) is 5.56 Å². The average molecular weight is 279 g/mol. The molecule has 0 aliphatic rings. The highest BCUT2D eigenvalue weighted by Crippen LogP contribution is 2.36. The Bertz CT molecular complexity index is 499. The van der Waals surface area contributed by atoms with Gasteiger partial charge in [0.1, 0.15) is 11.9 Å². The van der Waals surface area contributed by atoms with Crippen LogP contribution in [0.15, 0.2) is 12.1 Å². The van der Waals surface area contributed by atoms with Crippen molar-refractivity contribution in [3.8, 4) is 0 Å². The number of rotatable bonds is 3. The number of hydrogen-bond acceptors (Lipinski definition) is 2. The molecule has 19 heavy (non-hydrogen) atoms. The highest BCUT2D eigenvalue weighted by molar-refractivity contribution is 5.74. The number of carboxylic acids is 1. The summed E-state index contributed by atoms with van der Waals surface area (Å²) in [5.41, 5.74) is 3.70. The van der Waals surface area contributed by atoms with Gasteiger partial charge in [-0.3, -0.25) is 4.79 Å². The monoisotopic (exact) mass is 279 g/mol. The molecule has 0 bridgehead atoms. The van der Waals surface area contributed by atoms with E-state index in [0.29, 0.717) is 12.1 Å². The summed E-state index contributed by atoms with van der Waals surface area (Å²) < 4.78 is 51.8. The molecular formula is C12H13F4NO2. The number of alkyl halides is 3. The molecule has 1 aromatic rings. The molecule has 0 spiro atoms. The quantitative estimate of drug-likeness (QED) is 0.836. The molecule has 3 N–H and O–H groups in total. The second-order valence-corrected chi connectivity index (χ2v) is 4.28. The second-order valence-electron chi connectivity index (χ2n) is 4.28. The first-order valence-corrected chi connectivity index (χ1v) is 5.42. The van der Waals surface area contributed by atoms with E-state index < -0.39 is 35.5 Å². The van der Waals surface area contributed by atoms with Crippen molar-refractivity contribution in [2.24, 2.45) is 5.73 Å². The van der Waals surface area contributed by atoms with Gasteiger partial charge >= 0.3 is 12.1 Å². The van der Waals surface area contributed by atoms with Crippen molar-refractivity contribution in [1.29, 1.82) is 0 Å². The van der Waals surface area contributed by atoms with Crippen LogP contribution in [0.4, 0.5) is 17.6 Å². The number of benzene rings is 1. The van der Waals surface area contributed by atoms with Gasteiger partial charge in [-0.05, 0) is 30.2 Å². The van der Waals surface area contributed by atoms with E-state index >= 15 is 0 Å². The zero-order valence-electron chi connectivity index (χ0n) is 10.3. The smallest absolute Gasteiger partial charge is 0.416 e. The standard InChI is InChI=1S/C12H13F4NO2/c1-5-7(12(14,15)16)3-4-8(13)9(5)6(2)10(17)11(18)19/h3-4,6,10H,17H2,1-2H3,(H,18,19)/t6-,10+/m1/s1. The molecule has 0 aromatic heterocycles. The van der Waals surface area contributed by atoms with Crippen LogP contribution >= 0.6 is 0 Å². The number of carbonyl (C=O) groups is 1. The summed E-state index contributed by atoms with van der Waals surface area (Å²) in [6, 6.07) is -0.166. The van der Waals surface area contributed by atoms with Gasteiger partial charge in [0.25, 0.3) is 0 Å². The lowest BCUT2D eigenvalue weighted by atomic mass is 9.88. The molecule has 0 saturated carbocycles. The SMILES string of the molecule is Cc1c(C(F)(F)F)ccc(F)c1[C@@H](C)[C@H](N)C(=O)O. The fourth-order valence-corrected chi connectivity index (χ4v) is 1.96. The van der Waals surface area contributed by atoms with Crippen molar-refractivity contribution in [2.75, 3.05) is 0 Å². The Labute approximate surface area is 107 Å². The van der Waals surface area contributed by atoms with Crippen LogP contribution < -0.4 is 5.73 Å². The largest absolute Gasteiger partial charge is 0.480 e. The molecule has 0 amide bonds. The van der Waals surface area contributed by atoms with E-state index in [2.05, 4.69) is 0 Å². The van der Waals surface area contributed by atoms with Crippen LogP contribution in [0.5, 0.6) is 0 Å². The molecule has 0 unspecified atom stereocenters. The van der Waals surface area contributed by atoms with E-state index in [4.69, 9.17) is 10.8 Å². The van der Waals surface area contributed by atoms with Crippen molar-refractivity contribution in [2.45, 2.75) is 32.0 Å². The summed E-state index contributed by atoms with van der Waals surface area (Å²) in [5.74, 6) is -3.36. The number of carboxylic acid groups (broad SMARTS) is 1. The van der Waals surface area contributed by atoms with Crippen molar-refractivity contribution in [3.05, 3.63) is 34.6 Å². The summed E-state index contributed by atoms with van der Waals surface area (Å²) in [6.45, 7) is 2.39. The fourth-order valence-electron chi connectivity index (χ4n) is 1.96. The Morgan fingerprint density at radius 1 is 1.37 bits per heavy atom. The second kappa shape index (κ2) is 5.16. The maximum Gasteiger partial charge on any atom is 0.416 e. The molecule has 106 valence electrons. The van der Waals surface area contributed by atoms with Crippen molar-refractivity contribution < 1.29 is 27.5 Å². The maximum absolute atomic E-state index is 13.7. The average Bonchev–Trinajstić information content (AvgIpc) is 2.25. The van der Waals surface area contributed by atoms with Gasteiger partial charge in [-0.15, -0.1) is 0 Å². The summed E-state index contributed by atoms with van der Waals surface area (Å²) in [4.78, 5) is 10.7. The highest BCUT2D eigenvalue weighted by Gasteiger charge is 2.35. The minimum atomic E-state index is -4.63. The zero-order chi connectivity index (χ0) is 15.0. The molecule has 0 radical (unpaired) electrons. The van der Waals surface area contributed by atoms with E-state index in [1.165, 1.54) is 6.92 Å². The van der Waals surface area contributed by atoms with Gasteiger partial charge in [0.2, 0.25) is 0 Å². The predicted octanol–water partition coefficient (Wildman–Crippen LogP) is 2.67. The van der Waals surface area contributed by atoms with E-state index in [-0.39, 0.29) is 11.1 Å². The van der Waals surface area contributed by atoms with Gasteiger partial charge in [0, 0.05) is 5.92 Å². The summed E-state index contributed by atoms with van der Waals surface area (Å²) >= 11 is 0. The third-order valence-corrected chi connectivity index (χ3v) is 3.05. The summed E-state index contributed by atoms with van der Waals surface area (Å²) in [5, 5.41) is 8.76. The zero-order valence-corrected chi connectivity index (χ0v) is 10.3. The third kappa shape index (κ3) is 3.04. The molecule has 0 aliphatic carbocycles. The van der Waals surface area contributed by atoms with Gasteiger partial charge in [-0.1, -0.05) is 6.92 Å². The van der Waals surface area contributed by atoms with Crippen LogP contribution in [0.1, 0.15) is 29.5 Å². The van der Waals surface area contributed by atoms with Gasteiger partial charge in [-0.25, -0.2) is 4.39 Å². The molecule has 1 aromatic carbocycles. The Kier molecular flexibility index (Phi) is 4.19. The van der Waals surface area contributed by atoms with Gasteiger partial charge < -0.3 is 10.8 Å². The van der Waals surface area contributed by atoms with Crippen LogP contribution in [0.2, 0.25) is 0 Å². The van der Waals surface area contributed by atoms with Gasteiger partial charge in [-0.2, -0.15) is 13.2 Å². The van der Waals surface area contributed by atoms with Crippen LogP contribution in [-0.4, -0.2) is 17.1 Å². The fraction of sp³-hybridized carbons (Fsp3) is 0.417. The molecule has 0 saturated heterocycles. The van der Waals surface area contributed by atoms with Crippen molar-refractivity contribution in [3.63, 3.8) is 0 Å². The molecule has 2 atom stereocenters. The summed E-state index contributed by atoms with van der Waals surface area (Å²) in [6.07, 6.45) is -4.63. The number of nitrogens with two attached hydrogens (primary N) is 1. The first-order valence-electron chi connectivity index (χ1n) is 5.42. The molecule has 3 nitrogen and oxygen atoms in total. The molecule has 0 heterocycles. The molecule has 0 aliphatic heterocycles. The van der Waals surface area contributed by atoms with E-state index in [9.17, 15) is 22.4 Å². The normalized spacial score (nSPS) is 15.1. The van der Waals surface area contributed by atoms with Crippen LogP contribution in [0.3, 0.4) is 0 Å². The number of halogens is 4. The van der Waals surface area contributed by atoms with Crippen LogP contribution in [0, 0.1) is 12.7 Å². The Morgan fingerprint density at radius 2 is 1.89 bits per heavy atom. The lowest BCUT2D eigenvalue weighted by molar-refractivity contribution is -0.139. The highest BCUT2D eigenvalue weighted by atomic mass is 19.4. The molecular weight excluding hydrogens is 266 g/mol. The van der Waals surface area contributed by atoms with E-state index in [1.54, 1.807) is 0 Å². The van der Waals surface area contributed by atoms with E-state index in [1.807, 2.05) is 0 Å². The van der Waals surface area contributed by atoms with E-state index in [0.717, 1.165) is 6.92 Å². The topological polar surface area (TPSA) is 63.3 Å². The maximum atomic E-state index is 13.7. The lowest BCUT2D eigenvalue weighted by Gasteiger charge is -2.22. The predicted molar refractivity (Wildman–Crippen MR) is 60.2 cm³/mol. The molecule has 1 rings (SSSR count). The van der Waals surface area contributed by atoms with Crippen LogP contribution in [0.25, 0.3) is 0 Å². The number of aliphatic carboxylic acids is 1. The Balaban J connectivity index is 3.39. The molecule has 0 fully saturated rings. The third-order valence-electron chi connectivity index (χ3n) is 3.05.